The first-order valence-corrected chi connectivity index (χ1v) is 7.92. The molecule has 2 rings (SSSR count). The smallest absolute Gasteiger partial charge is 0.232 e. The summed E-state index contributed by atoms with van der Waals surface area (Å²) in [5.74, 6) is -0.206. The molecule has 0 bridgehead atoms. The van der Waals surface area contributed by atoms with Crippen LogP contribution in [0.5, 0.6) is 0 Å². The summed E-state index contributed by atoms with van der Waals surface area (Å²) < 4.78 is 13.6. The number of rotatable bonds is 5. The molecule has 6 heteroatoms. The maximum absolute atomic E-state index is 13.6. The van der Waals surface area contributed by atoms with Gasteiger partial charge >= 0.3 is 0 Å². The fourth-order valence-electron chi connectivity index (χ4n) is 1.63. The normalized spacial score (nSPS) is 10.5. The van der Waals surface area contributed by atoms with Gasteiger partial charge in [0.1, 0.15) is 5.82 Å². The number of hydrogen-bond acceptors (Lipinski definition) is 4. The maximum Gasteiger partial charge on any atom is 0.232 e. The number of amides is 1. The molecule has 0 atom stereocenters. The monoisotopic (exact) mass is 310 g/mol. The summed E-state index contributed by atoms with van der Waals surface area (Å²) in [6, 6.07) is 6.48. The summed E-state index contributed by atoms with van der Waals surface area (Å²) >= 11 is 2.79. The minimum Gasteiger partial charge on any atom is -0.399 e. The summed E-state index contributed by atoms with van der Waals surface area (Å²) in [6.45, 7) is 0.577. The van der Waals surface area contributed by atoms with Gasteiger partial charge in [-0.15, -0.1) is 11.8 Å². The maximum atomic E-state index is 13.6. The third-order valence-corrected chi connectivity index (χ3v) is 4.50. The molecule has 2 aromatic rings. The van der Waals surface area contributed by atoms with Gasteiger partial charge in [-0.05, 0) is 40.6 Å². The third-order valence-electron chi connectivity index (χ3n) is 2.73. The van der Waals surface area contributed by atoms with Crippen LogP contribution >= 0.6 is 23.1 Å². The number of halogens is 1. The van der Waals surface area contributed by atoms with Crippen LogP contribution in [0.4, 0.5) is 10.1 Å². The lowest BCUT2D eigenvalue weighted by molar-refractivity contribution is -0.127. The lowest BCUT2D eigenvalue weighted by Crippen LogP contribution is -2.27. The highest BCUT2D eigenvalue weighted by molar-refractivity contribution is 8.00. The van der Waals surface area contributed by atoms with Gasteiger partial charge in [0.2, 0.25) is 5.91 Å². The van der Waals surface area contributed by atoms with Crippen LogP contribution in [0.3, 0.4) is 0 Å². The molecule has 2 N–H and O–H groups in total. The molecule has 1 aromatic carbocycles. The summed E-state index contributed by atoms with van der Waals surface area (Å²) in [6.07, 6.45) is 0. The van der Waals surface area contributed by atoms with Crippen molar-refractivity contribution in [2.45, 2.75) is 11.4 Å². The Morgan fingerprint density at radius 1 is 1.45 bits per heavy atom. The molecule has 1 heterocycles. The number of nitrogens with zero attached hydrogens (tertiary/aromatic N) is 1. The molecule has 0 saturated heterocycles. The Morgan fingerprint density at radius 2 is 2.25 bits per heavy atom. The average molecular weight is 310 g/mol. The highest BCUT2D eigenvalue weighted by Crippen LogP contribution is 2.23. The molecule has 0 aliphatic heterocycles. The molecule has 0 fully saturated rings. The summed E-state index contributed by atoms with van der Waals surface area (Å²) in [7, 11) is 1.75. The zero-order chi connectivity index (χ0) is 14.5. The lowest BCUT2D eigenvalue weighted by atomic mass is 10.3. The second kappa shape index (κ2) is 6.76. The van der Waals surface area contributed by atoms with E-state index in [0.29, 0.717) is 17.1 Å². The van der Waals surface area contributed by atoms with E-state index in [-0.39, 0.29) is 17.5 Å². The Kier molecular flexibility index (Phi) is 5.03. The van der Waals surface area contributed by atoms with Crippen molar-refractivity contribution in [2.75, 3.05) is 18.5 Å². The van der Waals surface area contributed by atoms with Crippen LogP contribution in [0, 0.1) is 5.82 Å². The van der Waals surface area contributed by atoms with Crippen LogP contribution in [-0.2, 0) is 11.3 Å². The first kappa shape index (κ1) is 14.9. The van der Waals surface area contributed by atoms with Crippen molar-refractivity contribution in [1.29, 1.82) is 0 Å². The van der Waals surface area contributed by atoms with E-state index < -0.39 is 0 Å². The van der Waals surface area contributed by atoms with Crippen LogP contribution in [0.25, 0.3) is 0 Å². The van der Waals surface area contributed by atoms with Gasteiger partial charge in [0.05, 0.1) is 5.75 Å². The quantitative estimate of drug-likeness (QED) is 0.681. The fourth-order valence-corrected chi connectivity index (χ4v) is 3.15. The number of nitrogen functional groups attached to an aromatic ring is 1. The minimum atomic E-state index is -0.386. The van der Waals surface area contributed by atoms with Crippen molar-refractivity contribution in [3.63, 3.8) is 0 Å². The Balaban J connectivity index is 1.88. The van der Waals surface area contributed by atoms with Gasteiger partial charge in [-0.3, -0.25) is 4.79 Å². The van der Waals surface area contributed by atoms with Crippen molar-refractivity contribution in [2.24, 2.45) is 0 Å². The summed E-state index contributed by atoms with van der Waals surface area (Å²) in [4.78, 5) is 14.1. The van der Waals surface area contributed by atoms with Crippen LogP contribution in [-0.4, -0.2) is 23.6 Å². The van der Waals surface area contributed by atoms with Crippen molar-refractivity contribution >= 4 is 34.7 Å². The first-order chi connectivity index (χ1) is 9.56. The van der Waals surface area contributed by atoms with Gasteiger partial charge in [0, 0.05) is 24.2 Å². The summed E-state index contributed by atoms with van der Waals surface area (Å²) in [5, 5.41) is 3.99. The van der Waals surface area contributed by atoms with E-state index in [2.05, 4.69) is 0 Å². The molecule has 0 aliphatic rings. The molecule has 0 spiro atoms. The number of anilines is 1. The van der Waals surface area contributed by atoms with Gasteiger partial charge in [0.25, 0.3) is 0 Å². The highest BCUT2D eigenvalue weighted by Gasteiger charge is 2.12. The predicted molar refractivity (Wildman–Crippen MR) is 82.3 cm³/mol. The number of benzene rings is 1. The molecule has 20 heavy (non-hydrogen) atoms. The molecule has 0 saturated carbocycles. The number of carbonyl (C=O) groups is 1. The standard InChI is InChI=1S/C14H15FN2OS2/c1-17(7-10-4-5-19-8-10)14(18)9-20-13-3-2-11(16)6-12(13)15/h2-6,8H,7,9,16H2,1H3. The van der Waals surface area contributed by atoms with Crippen LogP contribution in [0.1, 0.15) is 5.56 Å². The van der Waals surface area contributed by atoms with E-state index in [1.165, 1.54) is 17.8 Å². The van der Waals surface area contributed by atoms with E-state index in [9.17, 15) is 9.18 Å². The zero-order valence-electron chi connectivity index (χ0n) is 11.0. The molecule has 0 radical (unpaired) electrons. The number of carbonyl (C=O) groups excluding carboxylic acids is 1. The van der Waals surface area contributed by atoms with Gasteiger partial charge in [-0.2, -0.15) is 11.3 Å². The van der Waals surface area contributed by atoms with Gasteiger partial charge in [-0.1, -0.05) is 0 Å². The minimum absolute atomic E-state index is 0.0302. The molecule has 1 aromatic heterocycles. The number of thiophene rings is 1. The second-order valence-electron chi connectivity index (χ2n) is 4.36. The predicted octanol–water partition coefficient (Wildman–Crippen LogP) is 3.22. The number of hydrogen-bond donors (Lipinski definition) is 1. The van der Waals surface area contributed by atoms with Gasteiger partial charge < -0.3 is 10.6 Å². The third kappa shape index (κ3) is 3.98. The summed E-state index contributed by atoms with van der Waals surface area (Å²) in [5.41, 5.74) is 6.97. The SMILES string of the molecule is CN(Cc1ccsc1)C(=O)CSc1ccc(N)cc1F. The molecule has 3 nitrogen and oxygen atoms in total. The second-order valence-corrected chi connectivity index (χ2v) is 6.16. The van der Waals surface area contributed by atoms with E-state index in [4.69, 9.17) is 5.73 Å². The van der Waals surface area contributed by atoms with Crippen molar-refractivity contribution in [3.8, 4) is 0 Å². The van der Waals surface area contributed by atoms with Crippen LogP contribution in [0.15, 0.2) is 39.9 Å². The van der Waals surface area contributed by atoms with E-state index in [0.717, 1.165) is 5.56 Å². The van der Waals surface area contributed by atoms with Gasteiger partial charge in [-0.25, -0.2) is 4.39 Å². The van der Waals surface area contributed by atoms with Crippen molar-refractivity contribution < 1.29 is 9.18 Å². The van der Waals surface area contributed by atoms with Crippen LogP contribution < -0.4 is 5.73 Å². The number of nitrogens with two attached hydrogens (primary N) is 1. The number of thioether (sulfide) groups is 1. The average Bonchev–Trinajstić information content (AvgIpc) is 2.90. The highest BCUT2D eigenvalue weighted by atomic mass is 32.2. The zero-order valence-corrected chi connectivity index (χ0v) is 12.6. The molecule has 106 valence electrons. The molecule has 0 unspecified atom stereocenters. The Labute approximate surface area is 125 Å². The lowest BCUT2D eigenvalue weighted by Gasteiger charge is -2.16. The Bertz CT molecular complexity index is 587. The van der Waals surface area contributed by atoms with Crippen molar-refractivity contribution in [1.82, 2.24) is 4.90 Å². The van der Waals surface area contributed by atoms with Crippen LogP contribution in [0.2, 0.25) is 0 Å². The molecular weight excluding hydrogens is 295 g/mol. The van der Waals surface area contributed by atoms with E-state index in [1.807, 2.05) is 16.8 Å². The Hall–Kier alpha value is -1.53. The van der Waals surface area contributed by atoms with E-state index >= 15 is 0 Å². The molecule has 1 amide bonds. The Morgan fingerprint density at radius 3 is 2.90 bits per heavy atom. The molecular formula is C14H15FN2OS2. The van der Waals surface area contributed by atoms with Crippen molar-refractivity contribution in [3.05, 3.63) is 46.4 Å². The van der Waals surface area contributed by atoms with Gasteiger partial charge in [0.15, 0.2) is 0 Å². The molecule has 0 aliphatic carbocycles. The first-order valence-electron chi connectivity index (χ1n) is 5.99. The largest absolute Gasteiger partial charge is 0.399 e. The fraction of sp³-hybridized carbons (Fsp3) is 0.214. The topological polar surface area (TPSA) is 46.3 Å². The van der Waals surface area contributed by atoms with E-state index in [1.54, 1.807) is 35.4 Å².